The van der Waals surface area contributed by atoms with Crippen molar-refractivity contribution in [1.29, 1.82) is 0 Å². The molecular weight excluding hydrogens is 320 g/mol. The fourth-order valence-electron chi connectivity index (χ4n) is 2.51. The molecule has 0 spiro atoms. The molecule has 0 saturated carbocycles. The number of aliphatic hydroxyl groups is 1. The summed E-state index contributed by atoms with van der Waals surface area (Å²) in [6, 6.07) is 16.8. The van der Waals surface area contributed by atoms with E-state index in [4.69, 9.17) is 4.74 Å². The van der Waals surface area contributed by atoms with E-state index in [0.29, 0.717) is 5.75 Å². The highest BCUT2D eigenvalue weighted by molar-refractivity contribution is 6.06. The Balaban J connectivity index is 1.63. The summed E-state index contributed by atoms with van der Waals surface area (Å²) >= 11 is 0. The molecule has 0 atom stereocenters. The highest BCUT2D eigenvalue weighted by atomic mass is 16.5. The van der Waals surface area contributed by atoms with Gasteiger partial charge in [-0.15, -0.1) is 0 Å². The summed E-state index contributed by atoms with van der Waals surface area (Å²) in [5.74, 6) is -0.0868. The molecule has 2 amide bonds. The molecule has 25 heavy (non-hydrogen) atoms. The summed E-state index contributed by atoms with van der Waals surface area (Å²) in [5, 5.41) is 12.4. The summed E-state index contributed by atoms with van der Waals surface area (Å²) in [6.45, 7) is 0.368. The van der Waals surface area contributed by atoms with E-state index >= 15 is 0 Å². The molecule has 2 aromatic rings. The second-order valence-corrected chi connectivity index (χ2v) is 5.73. The molecule has 0 bridgehead atoms. The number of rotatable bonds is 5. The molecule has 0 unspecified atom stereocenters. The first-order valence-electron chi connectivity index (χ1n) is 7.82. The number of nitrogens with one attached hydrogen (secondary N) is 1. The Hall–Kier alpha value is -3.28. The SMILES string of the molecule is CN1CC(C(=O)NCc2cccc(Oc3ccccc3)c2)=C(O)C1=O. The zero-order valence-electron chi connectivity index (χ0n) is 13.7. The predicted octanol–water partition coefficient (Wildman–Crippen LogP) is 2.38. The van der Waals surface area contributed by atoms with Crippen LogP contribution in [0.1, 0.15) is 5.56 Å². The van der Waals surface area contributed by atoms with E-state index in [-0.39, 0.29) is 18.7 Å². The lowest BCUT2D eigenvalue weighted by Gasteiger charge is -2.10. The van der Waals surface area contributed by atoms with Crippen molar-refractivity contribution in [2.75, 3.05) is 13.6 Å². The minimum absolute atomic E-state index is 0.0872. The van der Waals surface area contributed by atoms with Crippen molar-refractivity contribution < 1.29 is 19.4 Å². The van der Waals surface area contributed by atoms with Gasteiger partial charge in [-0.25, -0.2) is 0 Å². The number of benzene rings is 2. The summed E-state index contributed by atoms with van der Waals surface area (Å²) < 4.78 is 5.76. The van der Waals surface area contributed by atoms with Crippen LogP contribution in [0, 0.1) is 0 Å². The van der Waals surface area contributed by atoms with Crippen LogP contribution in [0.3, 0.4) is 0 Å². The Morgan fingerprint density at radius 3 is 2.56 bits per heavy atom. The van der Waals surface area contributed by atoms with Crippen molar-refractivity contribution in [3.8, 4) is 11.5 Å². The molecule has 0 saturated heterocycles. The van der Waals surface area contributed by atoms with Gasteiger partial charge in [-0.05, 0) is 29.8 Å². The predicted molar refractivity (Wildman–Crippen MR) is 92.1 cm³/mol. The molecule has 0 radical (unpaired) electrons. The van der Waals surface area contributed by atoms with Crippen LogP contribution < -0.4 is 10.1 Å². The number of ether oxygens (including phenoxy) is 1. The molecule has 0 fully saturated rings. The van der Waals surface area contributed by atoms with Gasteiger partial charge in [-0.2, -0.15) is 0 Å². The van der Waals surface area contributed by atoms with Gasteiger partial charge in [0.2, 0.25) is 0 Å². The summed E-state index contributed by atoms with van der Waals surface area (Å²) in [6.07, 6.45) is 0. The van der Waals surface area contributed by atoms with Crippen LogP contribution in [0.15, 0.2) is 65.9 Å². The number of carbonyl (C=O) groups excluding carboxylic acids is 2. The van der Waals surface area contributed by atoms with E-state index < -0.39 is 17.6 Å². The van der Waals surface area contributed by atoms with Crippen molar-refractivity contribution in [1.82, 2.24) is 10.2 Å². The topological polar surface area (TPSA) is 78.9 Å². The van der Waals surface area contributed by atoms with E-state index in [2.05, 4.69) is 5.32 Å². The standard InChI is InChI=1S/C19H18N2O4/c1-21-12-16(17(22)19(21)24)18(23)20-11-13-6-5-9-15(10-13)25-14-7-3-2-4-8-14/h2-10,22H,11-12H2,1H3,(H,20,23). The normalized spacial score (nSPS) is 14.0. The Morgan fingerprint density at radius 1 is 1.16 bits per heavy atom. The third kappa shape index (κ3) is 3.80. The van der Waals surface area contributed by atoms with Gasteiger partial charge in [-0.3, -0.25) is 9.59 Å². The van der Waals surface area contributed by atoms with Gasteiger partial charge in [0.05, 0.1) is 12.1 Å². The average Bonchev–Trinajstić information content (AvgIpc) is 2.88. The lowest BCUT2D eigenvalue weighted by molar-refractivity contribution is -0.126. The molecule has 0 aromatic heterocycles. The smallest absolute Gasteiger partial charge is 0.289 e. The minimum atomic E-state index is -0.539. The lowest BCUT2D eigenvalue weighted by atomic mass is 10.2. The van der Waals surface area contributed by atoms with Crippen LogP contribution in [0.4, 0.5) is 0 Å². The first kappa shape index (κ1) is 16.6. The van der Waals surface area contributed by atoms with Gasteiger partial charge in [0.15, 0.2) is 5.76 Å². The molecule has 0 aliphatic carbocycles. The van der Waals surface area contributed by atoms with Crippen molar-refractivity contribution in [3.05, 3.63) is 71.5 Å². The molecule has 6 nitrogen and oxygen atoms in total. The average molecular weight is 338 g/mol. The van der Waals surface area contributed by atoms with Crippen molar-refractivity contribution in [2.45, 2.75) is 6.54 Å². The number of likely N-dealkylation sites (N-methyl/N-ethyl adjacent to an activating group) is 1. The van der Waals surface area contributed by atoms with Crippen LogP contribution >= 0.6 is 0 Å². The third-order valence-corrected chi connectivity index (χ3v) is 3.83. The van der Waals surface area contributed by atoms with Crippen molar-refractivity contribution in [2.24, 2.45) is 0 Å². The lowest BCUT2D eigenvalue weighted by Crippen LogP contribution is -2.27. The fourth-order valence-corrected chi connectivity index (χ4v) is 2.51. The first-order chi connectivity index (χ1) is 12.0. The molecular formula is C19H18N2O4. The minimum Gasteiger partial charge on any atom is -0.503 e. The molecule has 6 heteroatoms. The molecule has 1 aliphatic heterocycles. The largest absolute Gasteiger partial charge is 0.503 e. The third-order valence-electron chi connectivity index (χ3n) is 3.83. The Labute approximate surface area is 145 Å². The maximum absolute atomic E-state index is 12.2. The highest BCUT2D eigenvalue weighted by Gasteiger charge is 2.31. The van der Waals surface area contributed by atoms with Crippen LogP contribution in [0.5, 0.6) is 11.5 Å². The van der Waals surface area contributed by atoms with Crippen LogP contribution in [-0.2, 0) is 16.1 Å². The maximum atomic E-state index is 12.2. The van der Waals surface area contributed by atoms with E-state index in [1.807, 2.05) is 54.6 Å². The van der Waals surface area contributed by atoms with Crippen molar-refractivity contribution >= 4 is 11.8 Å². The van der Waals surface area contributed by atoms with Crippen LogP contribution in [-0.4, -0.2) is 35.4 Å². The molecule has 128 valence electrons. The molecule has 3 rings (SSSR count). The first-order valence-corrected chi connectivity index (χ1v) is 7.82. The van der Waals surface area contributed by atoms with Gasteiger partial charge in [0.1, 0.15) is 11.5 Å². The van der Waals surface area contributed by atoms with Crippen LogP contribution in [0.25, 0.3) is 0 Å². The number of amides is 2. The fraction of sp³-hybridized carbons (Fsp3) is 0.158. The number of aliphatic hydroxyl groups excluding tert-OH is 1. The van der Waals surface area contributed by atoms with Crippen molar-refractivity contribution in [3.63, 3.8) is 0 Å². The molecule has 1 aliphatic rings. The molecule has 2 N–H and O–H groups in total. The van der Waals surface area contributed by atoms with Gasteiger partial charge >= 0.3 is 0 Å². The van der Waals surface area contributed by atoms with E-state index in [0.717, 1.165) is 11.3 Å². The monoisotopic (exact) mass is 338 g/mol. The Bertz CT molecular complexity index is 830. The number of hydrogen-bond acceptors (Lipinski definition) is 4. The number of hydrogen-bond donors (Lipinski definition) is 2. The Morgan fingerprint density at radius 2 is 1.88 bits per heavy atom. The van der Waals surface area contributed by atoms with E-state index in [1.54, 1.807) is 0 Å². The second kappa shape index (κ2) is 7.09. The van der Waals surface area contributed by atoms with E-state index in [9.17, 15) is 14.7 Å². The number of carbonyl (C=O) groups is 2. The zero-order valence-corrected chi connectivity index (χ0v) is 13.7. The summed E-state index contributed by atoms with van der Waals surface area (Å²) in [7, 11) is 1.53. The highest BCUT2D eigenvalue weighted by Crippen LogP contribution is 2.22. The molecule has 2 aromatic carbocycles. The Kier molecular flexibility index (Phi) is 4.70. The van der Waals surface area contributed by atoms with Gasteiger partial charge in [-0.1, -0.05) is 30.3 Å². The second-order valence-electron chi connectivity index (χ2n) is 5.73. The summed E-state index contributed by atoms with van der Waals surface area (Å²) in [4.78, 5) is 25.0. The van der Waals surface area contributed by atoms with Gasteiger partial charge in [0.25, 0.3) is 11.8 Å². The number of nitrogens with zero attached hydrogens (tertiary/aromatic N) is 1. The van der Waals surface area contributed by atoms with E-state index in [1.165, 1.54) is 11.9 Å². The van der Waals surface area contributed by atoms with Gasteiger partial charge in [0, 0.05) is 13.6 Å². The summed E-state index contributed by atoms with van der Waals surface area (Å²) in [5.41, 5.74) is 0.934. The number of para-hydroxylation sites is 1. The zero-order chi connectivity index (χ0) is 17.8. The quantitative estimate of drug-likeness (QED) is 0.877. The molecule has 1 heterocycles. The van der Waals surface area contributed by atoms with Gasteiger partial charge < -0.3 is 20.1 Å². The van der Waals surface area contributed by atoms with Crippen LogP contribution in [0.2, 0.25) is 0 Å². The maximum Gasteiger partial charge on any atom is 0.289 e.